The van der Waals surface area contributed by atoms with Crippen LogP contribution in [0.4, 0.5) is 0 Å². The number of hydrogen-bond donors (Lipinski definition) is 1. The molecule has 2 rings (SSSR count). The first-order valence-electron chi connectivity index (χ1n) is 6.42. The van der Waals surface area contributed by atoms with Gasteiger partial charge in [0.25, 0.3) is 0 Å². The molecule has 0 saturated heterocycles. The van der Waals surface area contributed by atoms with Crippen LogP contribution in [-0.2, 0) is 6.61 Å². The Morgan fingerprint density at radius 1 is 1.15 bits per heavy atom. The fourth-order valence-electron chi connectivity index (χ4n) is 1.67. The van der Waals surface area contributed by atoms with E-state index < -0.39 is 0 Å². The average Bonchev–Trinajstić information content (AvgIpc) is 2.48. The van der Waals surface area contributed by atoms with Gasteiger partial charge in [0.1, 0.15) is 23.0 Å². The van der Waals surface area contributed by atoms with Gasteiger partial charge in [0, 0.05) is 5.92 Å². The summed E-state index contributed by atoms with van der Waals surface area (Å²) in [6.07, 6.45) is 1.60. The Kier molecular flexibility index (Phi) is 4.53. The molecular formula is C15H18N2O3. The lowest BCUT2D eigenvalue weighted by Crippen LogP contribution is -2.03. The second kappa shape index (κ2) is 6.34. The van der Waals surface area contributed by atoms with Crippen molar-refractivity contribution >= 4 is 0 Å². The predicted octanol–water partition coefficient (Wildman–Crippen LogP) is 2.89. The third-order valence-electron chi connectivity index (χ3n) is 2.80. The van der Waals surface area contributed by atoms with E-state index in [0.29, 0.717) is 23.0 Å². The lowest BCUT2D eigenvalue weighted by molar-refractivity contribution is 0.269. The molecule has 5 heteroatoms. The first kappa shape index (κ1) is 14.3. The van der Waals surface area contributed by atoms with Crippen molar-refractivity contribution in [2.24, 2.45) is 0 Å². The molecule has 20 heavy (non-hydrogen) atoms. The van der Waals surface area contributed by atoms with E-state index in [4.69, 9.17) is 9.47 Å². The third kappa shape index (κ3) is 3.24. The monoisotopic (exact) mass is 274 g/mol. The molecule has 2 aromatic rings. The molecule has 0 unspecified atom stereocenters. The summed E-state index contributed by atoms with van der Waals surface area (Å²) in [6.45, 7) is 3.81. The smallest absolute Gasteiger partial charge is 0.169 e. The molecule has 1 heterocycles. The molecule has 0 aliphatic carbocycles. The highest BCUT2D eigenvalue weighted by Crippen LogP contribution is 2.26. The third-order valence-corrected chi connectivity index (χ3v) is 2.80. The Hall–Kier alpha value is -2.14. The molecule has 0 atom stereocenters. The van der Waals surface area contributed by atoms with Crippen molar-refractivity contribution in [3.8, 4) is 17.2 Å². The van der Waals surface area contributed by atoms with Crippen molar-refractivity contribution < 1.29 is 14.6 Å². The maximum atomic E-state index is 9.39. The maximum absolute atomic E-state index is 9.39. The van der Waals surface area contributed by atoms with Crippen molar-refractivity contribution in [2.75, 3.05) is 7.11 Å². The maximum Gasteiger partial charge on any atom is 0.169 e. The SMILES string of the molecule is COc1ccc(Oc2cnc(C(C)C)nc2CO)cc1. The van der Waals surface area contributed by atoms with Crippen molar-refractivity contribution in [3.05, 3.63) is 42.0 Å². The quantitative estimate of drug-likeness (QED) is 0.908. The Labute approximate surface area is 118 Å². The second-order valence-corrected chi connectivity index (χ2v) is 4.63. The highest BCUT2D eigenvalue weighted by atomic mass is 16.5. The molecular weight excluding hydrogens is 256 g/mol. The van der Waals surface area contributed by atoms with Gasteiger partial charge in [0.05, 0.1) is 19.9 Å². The highest BCUT2D eigenvalue weighted by Gasteiger charge is 2.11. The van der Waals surface area contributed by atoms with E-state index in [1.807, 2.05) is 13.8 Å². The van der Waals surface area contributed by atoms with E-state index >= 15 is 0 Å². The lowest BCUT2D eigenvalue weighted by Gasteiger charge is -2.11. The zero-order valence-electron chi connectivity index (χ0n) is 11.8. The van der Waals surface area contributed by atoms with E-state index in [9.17, 15) is 5.11 Å². The first-order chi connectivity index (χ1) is 9.63. The van der Waals surface area contributed by atoms with Gasteiger partial charge < -0.3 is 14.6 Å². The standard InChI is InChI=1S/C15H18N2O3/c1-10(2)15-16-8-14(13(9-18)17-15)20-12-6-4-11(19-3)5-7-12/h4-8,10,18H,9H2,1-3H3. The van der Waals surface area contributed by atoms with Crippen LogP contribution < -0.4 is 9.47 Å². The summed E-state index contributed by atoms with van der Waals surface area (Å²) in [5.41, 5.74) is 0.486. The van der Waals surface area contributed by atoms with Crippen LogP contribution in [0.25, 0.3) is 0 Å². The van der Waals surface area contributed by atoms with E-state index in [1.165, 1.54) is 0 Å². The molecule has 106 valence electrons. The van der Waals surface area contributed by atoms with Crippen LogP contribution in [0.1, 0.15) is 31.3 Å². The molecule has 0 saturated carbocycles. The van der Waals surface area contributed by atoms with Crippen LogP contribution in [0.15, 0.2) is 30.5 Å². The molecule has 0 amide bonds. The lowest BCUT2D eigenvalue weighted by atomic mass is 10.2. The summed E-state index contributed by atoms with van der Waals surface area (Å²) >= 11 is 0. The Balaban J connectivity index is 2.23. The van der Waals surface area contributed by atoms with Gasteiger partial charge >= 0.3 is 0 Å². The van der Waals surface area contributed by atoms with E-state index in [1.54, 1.807) is 37.6 Å². The summed E-state index contributed by atoms with van der Waals surface area (Å²) in [4.78, 5) is 8.55. The number of aromatic nitrogens is 2. The Morgan fingerprint density at radius 3 is 2.35 bits per heavy atom. The average molecular weight is 274 g/mol. The normalized spacial score (nSPS) is 10.7. The minimum absolute atomic E-state index is 0.187. The van der Waals surface area contributed by atoms with E-state index in [2.05, 4.69) is 9.97 Å². The molecule has 1 aromatic heterocycles. The zero-order chi connectivity index (χ0) is 14.5. The predicted molar refractivity (Wildman–Crippen MR) is 75.1 cm³/mol. The topological polar surface area (TPSA) is 64.5 Å². The van der Waals surface area contributed by atoms with E-state index in [0.717, 1.165) is 5.75 Å². The van der Waals surface area contributed by atoms with Crippen molar-refractivity contribution in [3.63, 3.8) is 0 Å². The molecule has 0 spiro atoms. The largest absolute Gasteiger partial charge is 0.497 e. The van der Waals surface area contributed by atoms with Crippen LogP contribution in [-0.4, -0.2) is 22.2 Å². The molecule has 1 aromatic carbocycles. The van der Waals surface area contributed by atoms with E-state index in [-0.39, 0.29) is 12.5 Å². The second-order valence-electron chi connectivity index (χ2n) is 4.63. The summed E-state index contributed by atoms with van der Waals surface area (Å²) in [7, 11) is 1.61. The van der Waals surface area contributed by atoms with Crippen LogP contribution in [0.2, 0.25) is 0 Å². The van der Waals surface area contributed by atoms with Gasteiger partial charge in [-0.25, -0.2) is 9.97 Å². The number of hydrogen-bond acceptors (Lipinski definition) is 5. The Morgan fingerprint density at radius 2 is 1.80 bits per heavy atom. The number of methoxy groups -OCH3 is 1. The van der Waals surface area contributed by atoms with Gasteiger partial charge in [-0.1, -0.05) is 13.8 Å². The zero-order valence-corrected chi connectivity index (χ0v) is 11.8. The van der Waals surface area contributed by atoms with Crippen LogP contribution in [0, 0.1) is 0 Å². The molecule has 1 N–H and O–H groups in total. The molecule has 0 radical (unpaired) electrons. The highest BCUT2D eigenvalue weighted by molar-refractivity contribution is 5.36. The van der Waals surface area contributed by atoms with Crippen molar-refractivity contribution in [1.82, 2.24) is 9.97 Å². The minimum atomic E-state index is -0.187. The van der Waals surface area contributed by atoms with Gasteiger partial charge in [-0.15, -0.1) is 0 Å². The summed E-state index contributed by atoms with van der Waals surface area (Å²) in [5, 5.41) is 9.39. The molecule has 0 fully saturated rings. The first-order valence-corrected chi connectivity index (χ1v) is 6.42. The molecule has 0 aliphatic rings. The number of benzene rings is 1. The molecule has 0 bridgehead atoms. The van der Waals surface area contributed by atoms with Crippen molar-refractivity contribution in [1.29, 1.82) is 0 Å². The summed E-state index contributed by atoms with van der Waals surface area (Å²) < 4.78 is 10.8. The number of aliphatic hydroxyl groups excluding tert-OH is 1. The molecule has 5 nitrogen and oxygen atoms in total. The van der Waals surface area contributed by atoms with Crippen molar-refractivity contribution in [2.45, 2.75) is 26.4 Å². The summed E-state index contributed by atoms with van der Waals surface area (Å²) in [5.74, 6) is 2.75. The fourth-order valence-corrected chi connectivity index (χ4v) is 1.67. The number of aliphatic hydroxyl groups is 1. The van der Waals surface area contributed by atoms with Crippen LogP contribution >= 0.6 is 0 Å². The van der Waals surface area contributed by atoms with Gasteiger partial charge in [-0.3, -0.25) is 0 Å². The van der Waals surface area contributed by atoms with Gasteiger partial charge in [-0.05, 0) is 24.3 Å². The minimum Gasteiger partial charge on any atom is -0.497 e. The van der Waals surface area contributed by atoms with Crippen LogP contribution in [0.3, 0.4) is 0 Å². The number of ether oxygens (including phenoxy) is 2. The number of rotatable bonds is 5. The molecule has 0 aliphatic heterocycles. The van der Waals surface area contributed by atoms with Gasteiger partial charge in [0.2, 0.25) is 0 Å². The fraction of sp³-hybridized carbons (Fsp3) is 0.333. The van der Waals surface area contributed by atoms with Crippen LogP contribution in [0.5, 0.6) is 17.2 Å². The van der Waals surface area contributed by atoms with Gasteiger partial charge in [-0.2, -0.15) is 0 Å². The Bertz CT molecular complexity index is 568. The van der Waals surface area contributed by atoms with Gasteiger partial charge in [0.15, 0.2) is 5.75 Å². The summed E-state index contributed by atoms with van der Waals surface area (Å²) in [6, 6.07) is 7.18. The number of nitrogens with zero attached hydrogens (tertiary/aromatic N) is 2.